The molecule has 0 spiro atoms. The van der Waals surface area contributed by atoms with E-state index in [-0.39, 0.29) is 0 Å². The molecule has 0 heterocycles. The van der Waals surface area contributed by atoms with Crippen LogP contribution in [0, 0.1) is 20.8 Å². The number of rotatable bonds is 3. The molecule has 110 valence electrons. The summed E-state index contributed by atoms with van der Waals surface area (Å²) in [6.07, 6.45) is 0. The van der Waals surface area contributed by atoms with Gasteiger partial charge in [0.1, 0.15) is 0 Å². The Kier molecular flexibility index (Phi) is 3.97. The van der Waals surface area contributed by atoms with Crippen molar-refractivity contribution >= 4 is 11.4 Å². The maximum absolute atomic E-state index is 3.49. The van der Waals surface area contributed by atoms with Crippen LogP contribution in [0.1, 0.15) is 16.7 Å². The molecule has 1 nitrogen and oxygen atoms in total. The van der Waals surface area contributed by atoms with Gasteiger partial charge >= 0.3 is 0 Å². The van der Waals surface area contributed by atoms with Crippen LogP contribution in [-0.4, -0.2) is 0 Å². The van der Waals surface area contributed by atoms with Crippen LogP contribution in [0.15, 0.2) is 66.7 Å². The Morgan fingerprint density at radius 2 is 1.14 bits per heavy atom. The highest BCUT2D eigenvalue weighted by atomic mass is 14.9. The fraction of sp³-hybridized carbons (Fsp3) is 0.143. The van der Waals surface area contributed by atoms with Crippen molar-refractivity contribution in [3.63, 3.8) is 0 Å². The molecule has 0 bridgehead atoms. The quantitative estimate of drug-likeness (QED) is 0.621. The first-order valence-corrected chi connectivity index (χ1v) is 7.64. The number of hydrogen-bond donors (Lipinski definition) is 1. The summed E-state index contributed by atoms with van der Waals surface area (Å²) >= 11 is 0. The van der Waals surface area contributed by atoms with E-state index in [0.29, 0.717) is 0 Å². The summed E-state index contributed by atoms with van der Waals surface area (Å²) in [6.45, 7) is 6.49. The second-order valence-electron chi connectivity index (χ2n) is 5.80. The first-order chi connectivity index (χ1) is 10.6. The zero-order valence-corrected chi connectivity index (χ0v) is 13.4. The van der Waals surface area contributed by atoms with Crippen molar-refractivity contribution in [2.45, 2.75) is 20.8 Å². The van der Waals surface area contributed by atoms with Crippen LogP contribution in [0.25, 0.3) is 11.1 Å². The van der Waals surface area contributed by atoms with Crippen molar-refractivity contribution in [3.8, 4) is 11.1 Å². The van der Waals surface area contributed by atoms with E-state index in [4.69, 9.17) is 0 Å². The molecule has 3 rings (SSSR count). The molecule has 1 N–H and O–H groups in total. The molecule has 0 aliphatic rings. The molecule has 0 aliphatic carbocycles. The van der Waals surface area contributed by atoms with E-state index >= 15 is 0 Å². The Morgan fingerprint density at radius 1 is 0.591 bits per heavy atom. The summed E-state index contributed by atoms with van der Waals surface area (Å²) in [5.74, 6) is 0. The highest BCUT2D eigenvalue weighted by Crippen LogP contribution is 2.25. The predicted octanol–water partition coefficient (Wildman–Crippen LogP) is 6.02. The fourth-order valence-corrected chi connectivity index (χ4v) is 2.65. The molecule has 22 heavy (non-hydrogen) atoms. The van der Waals surface area contributed by atoms with E-state index in [1.54, 1.807) is 0 Å². The predicted molar refractivity (Wildman–Crippen MR) is 95.8 cm³/mol. The minimum atomic E-state index is 1.11. The van der Waals surface area contributed by atoms with Crippen molar-refractivity contribution in [3.05, 3.63) is 83.4 Å². The standard InChI is InChI=1S/C21H21N/c1-15-13-21(14-16(2)17(15)3)22-20-11-9-19(10-12-20)18-7-5-4-6-8-18/h4-14,22H,1-3H3. The van der Waals surface area contributed by atoms with E-state index in [2.05, 4.69) is 86.8 Å². The van der Waals surface area contributed by atoms with Gasteiger partial charge in [0.2, 0.25) is 0 Å². The molecule has 0 saturated carbocycles. The first kappa shape index (κ1) is 14.4. The molecular formula is C21H21N. The van der Waals surface area contributed by atoms with Gasteiger partial charge < -0.3 is 5.32 Å². The van der Waals surface area contributed by atoms with Gasteiger partial charge in [0.25, 0.3) is 0 Å². The average molecular weight is 287 g/mol. The summed E-state index contributed by atoms with van der Waals surface area (Å²) in [5, 5.41) is 3.49. The number of nitrogens with one attached hydrogen (secondary N) is 1. The van der Waals surface area contributed by atoms with Crippen LogP contribution < -0.4 is 5.32 Å². The zero-order chi connectivity index (χ0) is 15.5. The van der Waals surface area contributed by atoms with Gasteiger partial charge in [-0.2, -0.15) is 0 Å². The van der Waals surface area contributed by atoms with E-state index in [1.807, 2.05) is 6.07 Å². The third-order valence-electron chi connectivity index (χ3n) is 4.21. The van der Waals surface area contributed by atoms with E-state index in [0.717, 1.165) is 11.4 Å². The molecule has 3 aromatic carbocycles. The van der Waals surface area contributed by atoms with Gasteiger partial charge in [-0.05, 0) is 72.9 Å². The lowest BCUT2D eigenvalue weighted by Crippen LogP contribution is -1.94. The average Bonchev–Trinajstić information content (AvgIpc) is 2.54. The lowest BCUT2D eigenvalue weighted by atomic mass is 10.0. The van der Waals surface area contributed by atoms with Crippen LogP contribution in [0.3, 0.4) is 0 Å². The first-order valence-electron chi connectivity index (χ1n) is 7.64. The maximum atomic E-state index is 3.49. The molecule has 0 aliphatic heterocycles. The van der Waals surface area contributed by atoms with E-state index < -0.39 is 0 Å². The van der Waals surface area contributed by atoms with Gasteiger partial charge in [-0.1, -0.05) is 42.5 Å². The lowest BCUT2D eigenvalue weighted by Gasteiger charge is -2.12. The SMILES string of the molecule is Cc1cc(Nc2ccc(-c3ccccc3)cc2)cc(C)c1C. The van der Waals surface area contributed by atoms with Crippen LogP contribution in [0.5, 0.6) is 0 Å². The largest absolute Gasteiger partial charge is 0.356 e. The molecule has 0 saturated heterocycles. The van der Waals surface area contributed by atoms with Crippen molar-refractivity contribution < 1.29 is 0 Å². The van der Waals surface area contributed by atoms with Gasteiger partial charge in [-0.25, -0.2) is 0 Å². The Hall–Kier alpha value is -2.54. The normalized spacial score (nSPS) is 10.5. The molecule has 0 aromatic heterocycles. The number of benzene rings is 3. The summed E-state index contributed by atoms with van der Waals surface area (Å²) in [4.78, 5) is 0. The highest BCUT2D eigenvalue weighted by molar-refractivity contribution is 5.69. The second-order valence-corrected chi connectivity index (χ2v) is 5.80. The van der Waals surface area contributed by atoms with Crippen molar-refractivity contribution in [2.24, 2.45) is 0 Å². The van der Waals surface area contributed by atoms with Crippen molar-refractivity contribution in [2.75, 3.05) is 5.32 Å². The third-order valence-corrected chi connectivity index (χ3v) is 4.21. The number of anilines is 2. The number of hydrogen-bond acceptors (Lipinski definition) is 1. The van der Waals surface area contributed by atoms with Gasteiger partial charge in [0.15, 0.2) is 0 Å². The van der Waals surface area contributed by atoms with Gasteiger partial charge in [-0.3, -0.25) is 0 Å². The molecule has 0 atom stereocenters. The smallest absolute Gasteiger partial charge is 0.0389 e. The molecule has 0 amide bonds. The molecular weight excluding hydrogens is 266 g/mol. The molecule has 0 fully saturated rings. The molecule has 3 aromatic rings. The molecule has 0 radical (unpaired) electrons. The monoisotopic (exact) mass is 287 g/mol. The fourth-order valence-electron chi connectivity index (χ4n) is 2.65. The van der Waals surface area contributed by atoms with E-state index in [1.165, 1.54) is 27.8 Å². The molecule has 0 unspecified atom stereocenters. The summed E-state index contributed by atoms with van der Waals surface area (Å²) in [5.41, 5.74) is 8.76. The van der Waals surface area contributed by atoms with Crippen LogP contribution in [-0.2, 0) is 0 Å². The Bertz CT molecular complexity index is 748. The summed E-state index contributed by atoms with van der Waals surface area (Å²) < 4.78 is 0. The Balaban J connectivity index is 1.82. The zero-order valence-electron chi connectivity index (χ0n) is 13.4. The summed E-state index contributed by atoms with van der Waals surface area (Å²) in [6, 6.07) is 23.4. The minimum Gasteiger partial charge on any atom is -0.356 e. The Morgan fingerprint density at radius 3 is 1.73 bits per heavy atom. The maximum Gasteiger partial charge on any atom is 0.0389 e. The topological polar surface area (TPSA) is 12.0 Å². The van der Waals surface area contributed by atoms with Crippen LogP contribution in [0.4, 0.5) is 11.4 Å². The lowest BCUT2D eigenvalue weighted by molar-refractivity contribution is 1.26. The van der Waals surface area contributed by atoms with Crippen LogP contribution >= 0.6 is 0 Å². The van der Waals surface area contributed by atoms with Crippen molar-refractivity contribution in [1.82, 2.24) is 0 Å². The third kappa shape index (κ3) is 3.04. The summed E-state index contributed by atoms with van der Waals surface area (Å²) in [7, 11) is 0. The second kappa shape index (κ2) is 6.07. The number of aryl methyl sites for hydroxylation is 2. The Labute approximate surface area is 132 Å². The van der Waals surface area contributed by atoms with Gasteiger partial charge in [0.05, 0.1) is 0 Å². The van der Waals surface area contributed by atoms with Crippen molar-refractivity contribution in [1.29, 1.82) is 0 Å². The molecule has 1 heteroatoms. The minimum absolute atomic E-state index is 1.11. The van der Waals surface area contributed by atoms with Gasteiger partial charge in [-0.15, -0.1) is 0 Å². The highest BCUT2D eigenvalue weighted by Gasteiger charge is 2.02. The van der Waals surface area contributed by atoms with E-state index in [9.17, 15) is 0 Å². The van der Waals surface area contributed by atoms with Crippen LogP contribution in [0.2, 0.25) is 0 Å². The van der Waals surface area contributed by atoms with Gasteiger partial charge in [0, 0.05) is 11.4 Å².